The lowest BCUT2D eigenvalue weighted by atomic mass is 10.1. The quantitative estimate of drug-likeness (QED) is 0.277. The molecular weight excluding hydrogens is 538 g/mol. The maximum Gasteiger partial charge on any atom is 0.227 e. The number of likely N-dealkylation sites (N-methyl/N-ethyl adjacent to an activating group) is 1. The Morgan fingerprint density at radius 1 is 1.12 bits per heavy atom. The van der Waals surface area contributed by atoms with Gasteiger partial charge in [-0.2, -0.15) is 5.10 Å². The number of nitrogens with zero attached hydrogens (tertiary/aromatic N) is 8. The van der Waals surface area contributed by atoms with Crippen molar-refractivity contribution in [1.82, 2.24) is 39.4 Å². The molecule has 1 N–H and O–H groups in total. The van der Waals surface area contributed by atoms with Crippen LogP contribution in [0.5, 0.6) is 0 Å². The van der Waals surface area contributed by atoms with Crippen molar-refractivity contribution < 1.29 is 4.74 Å². The number of piperazine rings is 1. The van der Waals surface area contributed by atoms with E-state index in [4.69, 9.17) is 14.8 Å². The van der Waals surface area contributed by atoms with Crippen LogP contribution >= 0.6 is 0 Å². The van der Waals surface area contributed by atoms with Gasteiger partial charge in [-0.3, -0.25) is 19.5 Å². The highest BCUT2D eigenvalue weighted by Gasteiger charge is 2.25. The van der Waals surface area contributed by atoms with Crippen LogP contribution in [-0.2, 0) is 11.3 Å². The molecule has 3 aromatic heterocycles. The van der Waals surface area contributed by atoms with Crippen LogP contribution in [0, 0.1) is 0 Å². The van der Waals surface area contributed by atoms with E-state index in [-0.39, 0.29) is 0 Å². The summed E-state index contributed by atoms with van der Waals surface area (Å²) in [7, 11) is 3.97. The lowest BCUT2D eigenvalue weighted by molar-refractivity contribution is 0.116. The van der Waals surface area contributed by atoms with Crippen molar-refractivity contribution in [1.29, 1.82) is 0 Å². The van der Waals surface area contributed by atoms with Gasteiger partial charge >= 0.3 is 0 Å². The topological polar surface area (TPSA) is 87.5 Å². The smallest absolute Gasteiger partial charge is 0.227 e. The Kier molecular flexibility index (Phi) is 11.4. The Morgan fingerprint density at radius 3 is 2.72 bits per heavy atom. The number of ether oxygens (including phenoxy) is 1. The largest absolute Gasteiger partial charge is 0.383 e. The number of aromatic nitrogens is 5. The summed E-state index contributed by atoms with van der Waals surface area (Å²) in [6.45, 7) is 11.4. The Labute approximate surface area is 256 Å². The normalized spacial score (nSPS) is 19.0. The van der Waals surface area contributed by atoms with Gasteiger partial charge in [0.25, 0.3) is 0 Å². The molecule has 2 aliphatic rings. The zero-order valence-electron chi connectivity index (χ0n) is 26.0. The summed E-state index contributed by atoms with van der Waals surface area (Å²) in [6, 6.07) is 6.60. The van der Waals surface area contributed by atoms with Gasteiger partial charge < -0.3 is 15.0 Å². The molecule has 0 radical (unpaired) electrons. The van der Waals surface area contributed by atoms with E-state index in [0.717, 1.165) is 79.8 Å². The number of hydrogen-bond acceptors (Lipinski definition) is 9. The molecule has 2 aliphatic heterocycles. The molecule has 0 aromatic carbocycles. The zero-order valence-corrected chi connectivity index (χ0v) is 26.0. The Morgan fingerprint density at radius 2 is 1.98 bits per heavy atom. The van der Waals surface area contributed by atoms with Crippen LogP contribution in [0.2, 0.25) is 0 Å². The van der Waals surface area contributed by atoms with Gasteiger partial charge in [-0.25, -0.2) is 9.97 Å². The average Bonchev–Trinajstić information content (AvgIpc) is 3.66. The van der Waals surface area contributed by atoms with Crippen LogP contribution in [-0.4, -0.2) is 112 Å². The molecule has 1 atom stereocenters. The number of methoxy groups -OCH3 is 1. The highest BCUT2D eigenvalue weighted by atomic mass is 16.5. The number of anilines is 1. The minimum Gasteiger partial charge on any atom is -0.383 e. The molecule has 43 heavy (non-hydrogen) atoms. The fourth-order valence-corrected chi connectivity index (χ4v) is 5.77. The second-order valence-electron chi connectivity index (χ2n) is 11.5. The van der Waals surface area contributed by atoms with Crippen molar-refractivity contribution in [3.8, 4) is 22.5 Å². The van der Waals surface area contributed by atoms with Gasteiger partial charge in [0.15, 0.2) is 0 Å². The van der Waals surface area contributed by atoms with Gasteiger partial charge in [-0.1, -0.05) is 25.5 Å². The number of pyridine rings is 1. The molecule has 5 heterocycles. The molecule has 0 bridgehead atoms. The van der Waals surface area contributed by atoms with Crippen molar-refractivity contribution in [2.45, 2.75) is 45.2 Å². The van der Waals surface area contributed by atoms with Gasteiger partial charge in [0.1, 0.15) is 5.69 Å². The summed E-state index contributed by atoms with van der Waals surface area (Å²) in [4.78, 5) is 21.5. The van der Waals surface area contributed by atoms with Crippen molar-refractivity contribution in [2.24, 2.45) is 0 Å². The van der Waals surface area contributed by atoms with Crippen LogP contribution in [0.15, 0.2) is 66.9 Å². The summed E-state index contributed by atoms with van der Waals surface area (Å²) < 4.78 is 7.18. The highest BCUT2D eigenvalue weighted by molar-refractivity contribution is 5.78. The predicted octanol–water partition coefficient (Wildman–Crippen LogP) is 4.41. The van der Waals surface area contributed by atoms with Gasteiger partial charge in [-0.05, 0) is 57.1 Å². The zero-order chi connectivity index (χ0) is 29.9. The van der Waals surface area contributed by atoms with Gasteiger partial charge in [-0.15, -0.1) is 0 Å². The van der Waals surface area contributed by atoms with E-state index in [1.165, 1.54) is 25.9 Å². The standard InChI is InChI=1S/C33H47N9O/c1-4-5-10-28(11-7-17-40-18-20-41(21-19-40)25-29-12-8-16-39(29)2)36-33-35-15-13-31(37-33)30-26-42(22-23-43-3)38-32(30)27-9-6-14-34-24-27/h6-7,9-11,13-15,24,26,29H,4-5,8,12,16-23,25H2,1-3H3,(H,35,36,37)/b11-7-,28-10+. The van der Waals surface area contributed by atoms with E-state index in [1.54, 1.807) is 19.5 Å². The van der Waals surface area contributed by atoms with E-state index >= 15 is 0 Å². The molecule has 1 unspecified atom stereocenters. The van der Waals surface area contributed by atoms with Gasteiger partial charge in [0.05, 0.1) is 18.8 Å². The summed E-state index contributed by atoms with van der Waals surface area (Å²) in [6.07, 6.45) is 18.8. The molecule has 3 aromatic rings. The van der Waals surface area contributed by atoms with E-state index < -0.39 is 0 Å². The van der Waals surface area contributed by atoms with Gasteiger partial charge in [0.2, 0.25) is 5.95 Å². The summed E-state index contributed by atoms with van der Waals surface area (Å²) in [5.74, 6) is 0.566. The summed E-state index contributed by atoms with van der Waals surface area (Å²) in [5, 5.41) is 8.30. The van der Waals surface area contributed by atoms with E-state index in [9.17, 15) is 0 Å². The molecule has 230 valence electrons. The van der Waals surface area contributed by atoms with E-state index in [2.05, 4.69) is 62.2 Å². The number of hydrogen-bond donors (Lipinski definition) is 1. The number of allylic oxidation sites excluding steroid dienone is 2. The Bertz CT molecular complexity index is 1330. The third-order valence-electron chi connectivity index (χ3n) is 8.33. The second-order valence-corrected chi connectivity index (χ2v) is 11.5. The van der Waals surface area contributed by atoms with Crippen molar-refractivity contribution in [3.05, 3.63) is 66.9 Å². The van der Waals surface area contributed by atoms with E-state index in [0.29, 0.717) is 19.1 Å². The highest BCUT2D eigenvalue weighted by Crippen LogP contribution is 2.30. The minimum absolute atomic E-state index is 0.566. The minimum atomic E-state index is 0.566. The van der Waals surface area contributed by atoms with Crippen molar-refractivity contribution in [2.75, 3.05) is 71.9 Å². The summed E-state index contributed by atoms with van der Waals surface area (Å²) >= 11 is 0. The SMILES string of the molecule is CCC/C=C(\C=C/CN1CCN(CC2CCCN2C)CC1)Nc1nccc(-c2cn(CCOC)nc2-c2cccnc2)n1. The average molecular weight is 586 g/mol. The predicted molar refractivity (Wildman–Crippen MR) is 173 cm³/mol. The monoisotopic (exact) mass is 585 g/mol. The van der Waals surface area contributed by atoms with Gasteiger partial charge in [0, 0.05) is 94.0 Å². The van der Waals surface area contributed by atoms with Crippen LogP contribution in [0.3, 0.4) is 0 Å². The molecule has 0 aliphatic carbocycles. The molecular formula is C33H47N9O. The number of nitrogens with one attached hydrogen (secondary N) is 1. The Balaban J connectivity index is 1.23. The van der Waals surface area contributed by atoms with E-state index in [1.807, 2.05) is 35.3 Å². The lowest BCUT2D eigenvalue weighted by Gasteiger charge is -2.36. The molecule has 2 saturated heterocycles. The maximum absolute atomic E-state index is 5.28. The van der Waals surface area contributed by atoms with Crippen LogP contribution in [0.1, 0.15) is 32.6 Å². The third kappa shape index (κ3) is 8.79. The number of likely N-dealkylation sites (tertiary alicyclic amines) is 1. The van der Waals surface area contributed by atoms with Crippen LogP contribution in [0.25, 0.3) is 22.5 Å². The first-order valence-corrected chi connectivity index (χ1v) is 15.7. The molecule has 0 saturated carbocycles. The first-order chi connectivity index (χ1) is 21.1. The molecule has 5 rings (SSSR count). The van der Waals surface area contributed by atoms with Crippen LogP contribution < -0.4 is 5.32 Å². The number of unbranched alkanes of at least 4 members (excludes halogenated alkanes) is 1. The summed E-state index contributed by atoms with van der Waals surface area (Å²) in [5.41, 5.74) is 4.54. The van der Waals surface area contributed by atoms with Crippen molar-refractivity contribution in [3.63, 3.8) is 0 Å². The maximum atomic E-state index is 5.28. The molecule has 0 amide bonds. The molecule has 10 heteroatoms. The van der Waals surface area contributed by atoms with Crippen molar-refractivity contribution >= 4 is 5.95 Å². The molecule has 2 fully saturated rings. The molecule has 0 spiro atoms. The molecule has 10 nitrogen and oxygen atoms in total. The first kappa shape index (κ1) is 31.0. The fraction of sp³-hybridized carbons (Fsp3) is 0.515. The number of rotatable bonds is 14. The third-order valence-corrected chi connectivity index (χ3v) is 8.33. The Hall–Kier alpha value is -3.44. The second kappa shape index (κ2) is 15.9. The lowest BCUT2D eigenvalue weighted by Crippen LogP contribution is -2.49. The van der Waals surface area contributed by atoms with Crippen LogP contribution in [0.4, 0.5) is 5.95 Å². The first-order valence-electron chi connectivity index (χ1n) is 15.7. The fourth-order valence-electron chi connectivity index (χ4n) is 5.77.